The molecule has 0 rings (SSSR count). The molecule has 0 spiro atoms. The van der Waals surface area contributed by atoms with Crippen LogP contribution in [0.15, 0.2) is 0 Å². The van der Waals surface area contributed by atoms with E-state index in [9.17, 15) is 13.2 Å². The van der Waals surface area contributed by atoms with Crippen LogP contribution in [-0.2, 0) is 19.4 Å². The van der Waals surface area contributed by atoms with Crippen molar-refractivity contribution in [3.63, 3.8) is 0 Å². The summed E-state index contributed by atoms with van der Waals surface area (Å²) in [5, 5.41) is 6.97. The number of nitrogens with zero attached hydrogens (tertiary/aromatic N) is 1. The lowest BCUT2D eigenvalue weighted by Gasteiger charge is -2.09. The average Bonchev–Trinajstić information content (AvgIpc) is 2.12. The van der Waals surface area contributed by atoms with Crippen molar-refractivity contribution in [1.82, 2.24) is 0 Å². The number of esters is 1. The summed E-state index contributed by atoms with van der Waals surface area (Å²) in [6, 6.07) is 1.50. The fourth-order valence-electron chi connectivity index (χ4n) is 0.682. The lowest BCUT2D eigenvalue weighted by molar-refractivity contribution is -0.142. The van der Waals surface area contributed by atoms with Gasteiger partial charge in [-0.3, -0.25) is 4.79 Å². The number of hydrogen-bond donors (Lipinski definition) is 0. The molecule has 1 unspecified atom stereocenters. The van der Waals surface area contributed by atoms with Crippen LogP contribution >= 0.6 is 0 Å². The zero-order valence-corrected chi connectivity index (χ0v) is 9.00. The highest BCUT2D eigenvalue weighted by atomic mass is 32.2. The molecule has 14 heavy (non-hydrogen) atoms. The van der Waals surface area contributed by atoms with Gasteiger partial charge in [0.1, 0.15) is 5.75 Å². The van der Waals surface area contributed by atoms with Gasteiger partial charge in [-0.05, 0) is 13.3 Å². The van der Waals surface area contributed by atoms with E-state index in [4.69, 9.17) is 5.26 Å². The average molecular weight is 219 g/mol. The maximum atomic E-state index is 11.2. The summed E-state index contributed by atoms with van der Waals surface area (Å²) in [7, 11) is -3.68. The maximum absolute atomic E-state index is 11.2. The van der Waals surface area contributed by atoms with E-state index in [-0.39, 0.29) is 6.61 Å². The predicted octanol–water partition coefficient (Wildman–Crippen LogP) is 0.266. The van der Waals surface area contributed by atoms with Crippen LogP contribution < -0.4 is 0 Å². The molecule has 0 aromatic heterocycles. The van der Waals surface area contributed by atoms with Crippen molar-refractivity contribution in [3.05, 3.63) is 0 Å². The monoisotopic (exact) mass is 219 g/mol. The van der Waals surface area contributed by atoms with E-state index in [0.717, 1.165) is 0 Å². The first-order chi connectivity index (χ1) is 6.45. The molecule has 0 aromatic carbocycles. The van der Waals surface area contributed by atoms with Crippen LogP contribution in [0.4, 0.5) is 0 Å². The summed E-state index contributed by atoms with van der Waals surface area (Å²) >= 11 is 0. The molecule has 0 saturated heterocycles. The van der Waals surface area contributed by atoms with Crippen LogP contribution in [0.25, 0.3) is 0 Å². The third-order valence-electron chi connectivity index (χ3n) is 1.58. The molecule has 0 aliphatic carbocycles. The van der Waals surface area contributed by atoms with Crippen molar-refractivity contribution in [2.24, 2.45) is 0 Å². The molecule has 0 amide bonds. The molecule has 0 heterocycles. The second-order valence-corrected chi connectivity index (χ2v) is 5.10. The minimum Gasteiger partial charge on any atom is -0.465 e. The van der Waals surface area contributed by atoms with Gasteiger partial charge in [0, 0.05) is 0 Å². The highest BCUT2D eigenvalue weighted by molar-refractivity contribution is 7.92. The van der Waals surface area contributed by atoms with Gasteiger partial charge in [-0.25, -0.2) is 8.42 Å². The Balaban J connectivity index is 4.40. The number of hydrogen-bond acceptors (Lipinski definition) is 5. The standard InChI is InChI=1S/C8H13NO4S/c1-3-5-13-8(10)7(2)14(11,12)6-4-9/h7H,3,5-6H2,1-2H3. The van der Waals surface area contributed by atoms with E-state index >= 15 is 0 Å². The van der Waals surface area contributed by atoms with Crippen molar-refractivity contribution in [3.8, 4) is 6.07 Å². The Morgan fingerprint density at radius 1 is 1.57 bits per heavy atom. The fraction of sp³-hybridized carbons (Fsp3) is 0.750. The Kier molecular flexibility index (Phi) is 5.16. The number of rotatable bonds is 5. The number of sulfone groups is 1. The van der Waals surface area contributed by atoms with Gasteiger partial charge in [0.05, 0.1) is 12.7 Å². The van der Waals surface area contributed by atoms with Gasteiger partial charge in [-0.2, -0.15) is 5.26 Å². The van der Waals surface area contributed by atoms with Gasteiger partial charge in [0.15, 0.2) is 15.1 Å². The summed E-state index contributed by atoms with van der Waals surface area (Å²) in [6.45, 7) is 3.23. The van der Waals surface area contributed by atoms with Crippen LogP contribution in [0.1, 0.15) is 20.3 Å². The molecule has 0 aromatic rings. The van der Waals surface area contributed by atoms with E-state index in [0.29, 0.717) is 6.42 Å². The van der Waals surface area contributed by atoms with Crippen LogP contribution in [0, 0.1) is 11.3 Å². The quantitative estimate of drug-likeness (QED) is 0.619. The third-order valence-corrected chi connectivity index (χ3v) is 3.39. The maximum Gasteiger partial charge on any atom is 0.324 e. The van der Waals surface area contributed by atoms with Crippen molar-refractivity contribution in [1.29, 1.82) is 5.26 Å². The first-order valence-electron chi connectivity index (χ1n) is 4.20. The van der Waals surface area contributed by atoms with Crippen LogP contribution in [0.2, 0.25) is 0 Å². The molecule has 6 heteroatoms. The van der Waals surface area contributed by atoms with Crippen molar-refractivity contribution >= 4 is 15.8 Å². The number of carbonyl (C=O) groups is 1. The molecule has 1 atom stereocenters. The van der Waals surface area contributed by atoms with Crippen molar-refractivity contribution in [2.45, 2.75) is 25.5 Å². The highest BCUT2D eigenvalue weighted by Crippen LogP contribution is 2.04. The summed E-state index contributed by atoms with van der Waals surface area (Å²) in [5.41, 5.74) is 0. The summed E-state index contributed by atoms with van der Waals surface area (Å²) < 4.78 is 27.1. The third kappa shape index (κ3) is 3.75. The summed E-state index contributed by atoms with van der Waals surface area (Å²) in [5.74, 6) is -1.45. The van der Waals surface area contributed by atoms with E-state index in [1.807, 2.05) is 6.92 Å². The largest absolute Gasteiger partial charge is 0.465 e. The smallest absolute Gasteiger partial charge is 0.324 e. The SMILES string of the molecule is CCCOC(=O)C(C)S(=O)(=O)CC#N. The fourth-order valence-corrected chi connectivity index (χ4v) is 1.47. The second-order valence-electron chi connectivity index (χ2n) is 2.78. The zero-order valence-electron chi connectivity index (χ0n) is 8.19. The van der Waals surface area contributed by atoms with Gasteiger partial charge in [-0.15, -0.1) is 0 Å². The topological polar surface area (TPSA) is 84.2 Å². The molecular formula is C8H13NO4S. The van der Waals surface area contributed by atoms with Gasteiger partial charge >= 0.3 is 5.97 Å². The Morgan fingerprint density at radius 3 is 2.57 bits per heavy atom. The summed E-state index contributed by atoms with van der Waals surface area (Å²) in [6.07, 6.45) is 0.636. The van der Waals surface area contributed by atoms with Crippen LogP contribution in [-0.4, -0.2) is 32.0 Å². The highest BCUT2D eigenvalue weighted by Gasteiger charge is 2.28. The number of nitriles is 1. The first kappa shape index (κ1) is 12.9. The molecule has 0 N–H and O–H groups in total. The molecule has 80 valence electrons. The van der Waals surface area contributed by atoms with Crippen LogP contribution in [0.3, 0.4) is 0 Å². The van der Waals surface area contributed by atoms with Crippen molar-refractivity contribution in [2.75, 3.05) is 12.4 Å². The second kappa shape index (κ2) is 5.60. The van der Waals surface area contributed by atoms with E-state index in [1.54, 1.807) is 0 Å². The molecule has 0 bridgehead atoms. The minimum absolute atomic E-state index is 0.200. The Hall–Kier alpha value is -1.09. The van der Waals surface area contributed by atoms with E-state index in [2.05, 4.69) is 4.74 Å². The minimum atomic E-state index is -3.68. The van der Waals surface area contributed by atoms with Gasteiger partial charge in [0.2, 0.25) is 0 Å². The Labute approximate surface area is 83.6 Å². The van der Waals surface area contributed by atoms with Crippen LogP contribution in [0.5, 0.6) is 0 Å². The first-order valence-corrected chi connectivity index (χ1v) is 5.92. The molecule has 0 fully saturated rings. The van der Waals surface area contributed by atoms with E-state index in [1.165, 1.54) is 13.0 Å². The lowest BCUT2D eigenvalue weighted by Crippen LogP contribution is -2.30. The molecular weight excluding hydrogens is 206 g/mol. The molecule has 0 saturated carbocycles. The molecule has 5 nitrogen and oxygen atoms in total. The summed E-state index contributed by atoms with van der Waals surface area (Å²) in [4.78, 5) is 11.1. The van der Waals surface area contributed by atoms with Gasteiger partial charge in [0.25, 0.3) is 0 Å². The van der Waals surface area contributed by atoms with Gasteiger partial charge in [-0.1, -0.05) is 6.92 Å². The van der Waals surface area contributed by atoms with E-state index < -0.39 is 26.8 Å². The number of carbonyl (C=O) groups excluding carboxylic acids is 1. The molecule has 0 aliphatic rings. The molecule has 0 aliphatic heterocycles. The Bertz CT molecular complexity index is 328. The zero-order chi connectivity index (χ0) is 11.2. The number of ether oxygens (including phenoxy) is 1. The van der Waals surface area contributed by atoms with Gasteiger partial charge < -0.3 is 4.74 Å². The normalized spacial score (nSPS) is 12.9. The molecule has 0 radical (unpaired) electrons. The lowest BCUT2D eigenvalue weighted by atomic mass is 10.5. The van der Waals surface area contributed by atoms with Crippen molar-refractivity contribution < 1.29 is 17.9 Å². The Morgan fingerprint density at radius 2 is 2.14 bits per heavy atom. The predicted molar refractivity (Wildman–Crippen MR) is 50.1 cm³/mol.